The zero-order chi connectivity index (χ0) is 20.2. The van der Waals surface area contributed by atoms with E-state index in [0.717, 1.165) is 17.9 Å². The van der Waals surface area contributed by atoms with Gasteiger partial charge in [0, 0.05) is 19.2 Å². The Bertz CT molecular complexity index is 757. The average molecular weight is 383 g/mol. The lowest BCUT2D eigenvalue weighted by Gasteiger charge is -2.12. The Morgan fingerprint density at radius 1 is 1.07 bits per heavy atom. The van der Waals surface area contributed by atoms with Crippen molar-refractivity contribution >= 4 is 17.7 Å². The number of guanidine groups is 1. The molecule has 28 heavy (non-hydrogen) atoms. The summed E-state index contributed by atoms with van der Waals surface area (Å²) in [7, 11) is 0. The van der Waals surface area contributed by atoms with Crippen LogP contribution in [0.3, 0.4) is 0 Å². The number of pyridine rings is 1. The number of aliphatic imine (C=N–C) groups is 1. The molecule has 0 saturated heterocycles. The Balaban J connectivity index is 1.70. The Hall–Kier alpha value is -3.09. The molecular formula is C21H29N5O2. The summed E-state index contributed by atoms with van der Waals surface area (Å²) in [6.45, 7) is 8.24. The quantitative estimate of drug-likeness (QED) is 0.352. The summed E-state index contributed by atoms with van der Waals surface area (Å²) in [5.74, 6) is 1.95. The molecule has 0 spiro atoms. The van der Waals surface area contributed by atoms with Crippen molar-refractivity contribution in [3.05, 3.63) is 53.7 Å². The topological polar surface area (TPSA) is 87.6 Å². The van der Waals surface area contributed by atoms with E-state index in [9.17, 15) is 4.79 Å². The Kier molecular flexibility index (Phi) is 8.78. The number of carbonyl (C=O) groups is 1. The first-order chi connectivity index (χ1) is 13.6. The van der Waals surface area contributed by atoms with Gasteiger partial charge < -0.3 is 20.7 Å². The van der Waals surface area contributed by atoms with E-state index in [-0.39, 0.29) is 12.3 Å². The average Bonchev–Trinajstić information content (AvgIpc) is 2.68. The number of benzene rings is 1. The summed E-state index contributed by atoms with van der Waals surface area (Å²) in [4.78, 5) is 20.6. The number of nitrogens with one attached hydrogen (secondary N) is 3. The van der Waals surface area contributed by atoms with Crippen LogP contribution >= 0.6 is 0 Å². The number of rotatable bonds is 9. The summed E-state index contributed by atoms with van der Waals surface area (Å²) in [5, 5.41) is 9.13. The minimum absolute atomic E-state index is 0.112. The number of carbonyl (C=O) groups excluding carboxylic acids is 1. The molecule has 150 valence electrons. The van der Waals surface area contributed by atoms with Crippen LogP contribution in [0.2, 0.25) is 0 Å². The molecule has 0 aliphatic carbocycles. The van der Waals surface area contributed by atoms with E-state index in [1.165, 1.54) is 5.56 Å². The fourth-order valence-electron chi connectivity index (χ4n) is 2.33. The Morgan fingerprint density at radius 3 is 2.50 bits per heavy atom. The van der Waals surface area contributed by atoms with Crippen molar-refractivity contribution in [2.75, 3.05) is 31.6 Å². The van der Waals surface area contributed by atoms with Crippen LogP contribution in [0.5, 0.6) is 5.75 Å². The fraction of sp³-hybridized carbons (Fsp3) is 0.381. The fourth-order valence-corrected chi connectivity index (χ4v) is 2.33. The Labute approximate surface area is 166 Å². The molecule has 0 unspecified atom stereocenters. The predicted molar refractivity (Wildman–Crippen MR) is 113 cm³/mol. The Morgan fingerprint density at radius 2 is 1.82 bits per heavy atom. The van der Waals surface area contributed by atoms with Crippen LogP contribution in [0.15, 0.2) is 47.6 Å². The van der Waals surface area contributed by atoms with E-state index >= 15 is 0 Å². The van der Waals surface area contributed by atoms with Gasteiger partial charge >= 0.3 is 0 Å². The third kappa shape index (κ3) is 8.07. The molecule has 0 bridgehead atoms. The molecule has 1 heterocycles. The van der Waals surface area contributed by atoms with E-state index in [0.29, 0.717) is 31.5 Å². The van der Waals surface area contributed by atoms with Gasteiger partial charge in [0.05, 0.1) is 13.1 Å². The largest absolute Gasteiger partial charge is 0.492 e. The molecule has 0 atom stereocenters. The molecule has 7 heteroatoms. The van der Waals surface area contributed by atoms with E-state index < -0.39 is 0 Å². The maximum atomic E-state index is 12.0. The molecule has 7 nitrogen and oxygen atoms in total. The standard InChI is InChI=1S/C21H29N5O2/c1-4-22-21(24-13-14-28-18-8-5-16(2)6-9-18)23-12-11-20(27)26-19-10-7-17(3)15-25-19/h5-10,15H,4,11-14H2,1-3H3,(H2,22,23,24)(H,25,26,27). The number of anilines is 1. The smallest absolute Gasteiger partial charge is 0.227 e. The SMILES string of the molecule is CCNC(=NCCC(=O)Nc1ccc(C)cn1)NCCOc1ccc(C)cc1. The van der Waals surface area contributed by atoms with Crippen LogP contribution in [0.1, 0.15) is 24.5 Å². The van der Waals surface area contributed by atoms with Gasteiger partial charge in [0.1, 0.15) is 18.2 Å². The van der Waals surface area contributed by atoms with Gasteiger partial charge in [0.25, 0.3) is 0 Å². The first kappa shape index (κ1) is 21.2. The van der Waals surface area contributed by atoms with Crippen LogP contribution in [0.4, 0.5) is 5.82 Å². The molecule has 0 saturated carbocycles. The van der Waals surface area contributed by atoms with Crippen LogP contribution < -0.4 is 20.7 Å². The second kappa shape index (κ2) is 11.6. The predicted octanol–water partition coefficient (Wildman–Crippen LogP) is 2.66. The third-order valence-corrected chi connectivity index (χ3v) is 3.82. The van der Waals surface area contributed by atoms with Gasteiger partial charge in [-0.15, -0.1) is 0 Å². The van der Waals surface area contributed by atoms with Crippen LogP contribution in [-0.4, -0.2) is 43.1 Å². The zero-order valence-electron chi connectivity index (χ0n) is 16.8. The summed E-state index contributed by atoms with van der Waals surface area (Å²) >= 11 is 0. The van der Waals surface area contributed by atoms with Gasteiger partial charge in [-0.3, -0.25) is 9.79 Å². The lowest BCUT2D eigenvalue weighted by molar-refractivity contribution is -0.116. The lowest BCUT2D eigenvalue weighted by Crippen LogP contribution is -2.39. The van der Waals surface area contributed by atoms with E-state index in [1.54, 1.807) is 12.3 Å². The van der Waals surface area contributed by atoms with Crippen molar-refractivity contribution < 1.29 is 9.53 Å². The lowest BCUT2D eigenvalue weighted by atomic mass is 10.2. The maximum absolute atomic E-state index is 12.0. The molecule has 2 rings (SSSR count). The molecule has 0 aliphatic rings. The maximum Gasteiger partial charge on any atom is 0.227 e. The summed E-state index contributed by atoms with van der Waals surface area (Å²) < 4.78 is 5.69. The van der Waals surface area contributed by atoms with Gasteiger partial charge in [0.2, 0.25) is 5.91 Å². The van der Waals surface area contributed by atoms with Crippen molar-refractivity contribution in [3.8, 4) is 5.75 Å². The molecule has 2 aromatic rings. The molecule has 0 fully saturated rings. The summed E-state index contributed by atoms with van der Waals surface area (Å²) in [6, 6.07) is 11.6. The highest BCUT2D eigenvalue weighted by atomic mass is 16.5. The number of hydrogen-bond donors (Lipinski definition) is 3. The third-order valence-electron chi connectivity index (χ3n) is 3.82. The monoisotopic (exact) mass is 383 g/mol. The minimum atomic E-state index is -0.112. The second-order valence-electron chi connectivity index (χ2n) is 6.37. The number of nitrogens with zero attached hydrogens (tertiary/aromatic N) is 2. The first-order valence-electron chi connectivity index (χ1n) is 9.51. The highest BCUT2D eigenvalue weighted by molar-refractivity contribution is 5.90. The summed E-state index contributed by atoms with van der Waals surface area (Å²) in [6.07, 6.45) is 2.01. The zero-order valence-corrected chi connectivity index (χ0v) is 16.8. The van der Waals surface area contributed by atoms with Gasteiger partial charge in [-0.25, -0.2) is 4.98 Å². The summed E-state index contributed by atoms with van der Waals surface area (Å²) in [5.41, 5.74) is 2.25. The van der Waals surface area contributed by atoms with Crippen molar-refractivity contribution in [2.24, 2.45) is 4.99 Å². The second-order valence-corrected chi connectivity index (χ2v) is 6.37. The van der Waals surface area contributed by atoms with Crippen molar-refractivity contribution in [2.45, 2.75) is 27.2 Å². The van der Waals surface area contributed by atoms with Crippen LogP contribution in [0, 0.1) is 13.8 Å². The van der Waals surface area contributed by atoms with Crippen molar-refractivity contribution in [3.63, 3.8) is 0 Å². The highest BCUT2D eigenvalue weighted by Crippen LogP contribution is 2.10. The number of hydrogen-bond acceptors (Lipinski definition) is 4. The molecule has 1 amide bonds. The van der Waals surface area contributed by atoms with E-state index in [4.69, 9.17) is 4.74 Å². The molecular weight excluding hydrogens is 354 g/mol. The van der Waals surface area contributed by atoms with Gasteiger partial charge in [-0.2, -0.15) is 0 Å². The van der Waals surface area contributed by atoms with Crippen LogP contribution in [-0.2, 0) is 4.79 Å². The first-order valence-corrected chi connectivity index (χ1v) is 9.51. The van der Waals surface area contributed by atoms with E-state index in [1.807, 2.05) is 51.1 Å². The van der Waals surface area contributed by atoms with Crippen molar-refractivity contribution in [1.82, 2.24) is 15.6 Å². The number of aromatic nitrogens is 1. The molecule has 1 aromatic carbocycles. The van der Waals surface area contributed by atoms with Crippen LogP contribution in [0.25, 0.3) is 0 Å². The van der Waals surface area contributed by atoms with Gasteiger partial charge in [-0.1, -0.05) is 23.8 Å². The number of amides is 1. The minimum Gasteiger partial charge on any atom is -0.492 e. The number of ether oxygens (including phenoxy) is 1. The van der Waals surface area contributed by atoms with Gasteiger partial charge in [0.15, 0.2) is 5.96 Å². The van der Waals surface area contributed by atoms with E-state index in [2.05, 4.69) is 25.9 Å². The molecule has 0 radical (unpaired) electrons. The van der Waals surface area contributed by atoms with Crippen molar-refractivity contribution in [1.29, 1.82) is 0 Å². The number of aryl methyl sites for hydroxylation is 2. The molecule has 3 N–H and O–H groups in total. The van der Waals surface area contributed by atoms with Gasteiger partial charge in [-0.05, 0) is 44.5 Å². The highest BCUT2D eigenvalue weighted by Gasteiger charge is 2.03. The molecule has 1 aromatic heterocycles. The molecule has 0 aliphatic heterocycles. The normalized spacial score (nSPS) is 11.0.